The molecule has 2 N–H and O–H groups in total. The minimum absolute atomic E-state index is 0.000586. The number of aromatic nitrogens is 1. The van der Waals surface area contributed by atoms with E-state index in [1.54, 1.807) is 0 Å². The second-order valence-corrected chi connectivity index (χ2v) is 6.44. The number of benzene rings is 2. The number of H-pyrrole nitrogens is 1. The molecule has 0 aliphatic heterocycles. The first-order valence-electron chi connectivity index (χ1n) is 8.46. The smallest absolute Gasteiger partial charge is 0.220 e. The second kappa shape index (κ2) is 7.34. The highest BCUT2D eigenvalue weighted by molar-refractivity contribution is 5.98. The van der Waals surface area contributed by atoms with Gasteiger partial charge in [0.2, 0.25) is 5.91 Å². The zero-order valence-electron chi connectivity index (χ0n) is 14.6. The first kappa shape index (κ1) is 17.0. The SMILES string of the molecule is Cc1ccc(C(=O)CCC(=O)NCc2ccc3[nH]c(C)cc3c2)cc1. The van der Waals surface area contributed by atoms with Crippen molar-refractivity contribution in [3.8, 4) is 0 Å². The molecule has 25 heavy (non-hydrogen) atoms. The van der Waals surface area contributed by atoms with Gasteiger partial charge in [0.05, 0.1) is 0 Å². The number of carbonyl (C=O) groups is 2. The molecule has 0 unspecified atom stereocenters. The van der Waals surface area contributed by atoms with Crippen molar-refractivity contribution in [2.24, 2.45) is 0 Å². The number of hydrogen-bond donors (Lipinski definition) is 2. The lowest BCUT2D eigenvalue weighted by atomic mass is 10.0. The molecule has 2 aromatic carbocycles. The lowest BCUT2D eigenvalue weighted by Gasteiger charge is -2.06. The van der Waals surface area contributed by atoms with Crippen molar-refractivity contribution < 1.29 is 9.59 Å². The zero-order valence-corrected chi connectivity index (χ0v) is 14.6. The summed E-state index contributed by atoms with van der Waals surface area (Å²) in [6, 6.07) is 15.6. The first-order chi connectivity index (χ1) is 12.0. The molecular formula is C21H22N2O2. The van der Waals surface area contributed by atoms with Gasteiger partial charge >= 0.3 is 0 Å². The van der Waals surface area contributed by atoms with E-state index in [-0.39, 0.29) is 24.5 Å². The van der Waals surface area contributed by atoms with Crippen molar-refractivity contribution in [2.75, 3.05) is 0 Å². The Balaban J connectivity index is 1.50. The Morgan fingerprint density at radius 1 is 0.960 bits per heavy atom. The Kier molecular flexibility index (Phi) is 4.98. The normalized spacial score (nSPS) is 10.8. The summed E-state index contributed by atoms with van der Waals surface area (Å²) in [5, 5.41) is 4.02. The summed E-state index contributed by atoms with van der Waals surface area (Å²) in [6.07, 6.45) is 0.434. The molecule has 0 radical (unpaired) electrons. The molecule has 0 saturated heterocycles. The van der Waals surface area contributed by atoms with E-state index in [9.17, 15) is 9.59 Å². The van der Waals surface area contributed by atoms with Crippen LogP contribution in [0.5, 0.6) is 0 Å². The third-order valence-electron chi connectivity index (χ3n) is 4.26. The molecule has 4 nitrogen and oxygen atoms in total. The standard InChI is InChI=1S/C21H22N2O2/c1-14-3-6-17(7-4-14)20(24)9-10-21(25)22-13-16-5-8-19-18(12-16)11-15(2)23-19/h3-8,11-12,23H,9-10,13H2,1-2H3,(H,22,25). The number of rotatable bonds is 6. The van der Waals surface area contributed by atoms with Gasteiger partial charge in [-0.05, 0) is 43.0 Å². The fourth-order valence-corrected chi connectivity index (χ4v) is 2.84. The molecule has 0 atom stereocenters. The third kappa shape index (κ3) is 4.35. The van der Waals surface area contributed by atoms with Crippen LogP contribution in [0.15, 0.2) is 48.5 Å². The number of amides is 1. The lowest BCUT2D eigenvalue weighted by Crippen LogP contribution is -2.23. The van der Waals surface area contributed by atoms with Crippen molar-refractivity contribution in [1.29, 1.82) is 0 Å². The van der Waals surface area contributed by atoms with Crippen LogP contribution in [0.25, 0.3) is 10.9 Å². The highest BCUT2D eigenvalue weighted by Gasteiger charge is 2.09. The Bertz CT molecular complexity index is 907. The number of aromatic amines is 1. The number of carbonyl (C=O) groups excluding carboxylic acids is 2. The molecule has 0 aliphatic carbocycles. The maximum absolute atomic E-state index is 12.1. The van der Waals surface area contributed by atoms with Crippen LogP contribution < -0.4 is 5.32 Å². The minimum atomic E-state index is -0.106. The van der Waals surface area contributed by atoms with Gasteiger partial charge in [-0.15, -0.1) is 0 Å². The fraction of sp³-hybridized carbons (Fsp3) is 0.238. The second-order valence-electron chi connectivity index (χ2n) is 6.44. The van der Waals surface area contributed by atoms with E-state index in [0.717, 1.165) is 27.7 Å². The molecule has 1 aromatic heterocycles. The molecule has 128 valence electrons. The Morgan fingerprint density at radius 3 is 2.48 bits per heavy atom. The summed E-state index contributed by atoms with van der Waals surface area (Å²) in [5.74, 6) is -0.106. The number of fused-ring (bicyclic) bond motifs is 1. The number of ketones is 1. The van der Waals surface area contributed by atoms with E-state index >= 15 is 0 Å². The first-order valence-corrected chi connectivity index (χ1v) is 8.46. The lowest BCUT2D eigenvalue weighted by molar-refractivity contribution is -0.121. The van der Waals surface area contributed by atoms with Gasteiger partial charge in [0.25, 0.3) is 0 Å². The van der Waals surface area contributed by atoms with Crippen molar-refractivity contribution in [3.05, 3.63) is 70.9 Å². The molecule has 1 amide bonds. The van der Waals surface area contributed by atoms with Gasteiger partial charge in [0, 0.05) is 36.2 Å². The zero-order chi connectivity index (χ0) is 17.8. The average Bonchev–Trinajstić information content (AvgIpc) is 2.97. The van der Waals surface area contributed by atoms with Gasteiger partial charge < -0.3 is 10.3 Å². The van der Waals surface area contributed by atoms with Crippen molar-refractivity contribution in [1.82, 2.24) is 10.3 Å². The molecule has 4 heteroatoms. The number of nitrogens with one attached hydrogen (secondary N) is 2. The van der Waals surface area contributed by atoms with E-state index in [1.807, 2.05) is 50.2 Å². The topological polar surface area (TPSA) is 62.0 Å². The van der Waals surface area contributed by atoms with Gasteiger partial charge in [0.15, 0.2) is 5.78 Å². The molecule has 3 aromatic rings. The summed E-state index contributed by atoms with van der Waals surface area (Å²) in [7, 11) is 0. The number of aryl methyl sites for hydroxylation is 2. The fourth-order valence-electron chi connectivity index (χ4n) is 2.84. The number of hydrogen-bond acceptors (Lipinski definition) is 2. The quantitative estimate of drug-likeness (QED) is 0.668. The monoisotopic (exact) mass is 334 g/mol. The molecule has 0 saturated carbocycles. The summed E-state index contributed by atoms with van der Waals surface area (Å²) >= 11 is 0. The summed E-state index contributed by atoms with van der Waals surface area (Å²) < 4.78 is 0. The molecule has 0 fully saturated rings. The maximum atomic E-state index is 12.1. The van der Waals surface area contributed by atoms with Gasteiger partial charge in [0.1, 0.15) is 0 Å². The van der Waals surface area contributed by atoms with Gasteiger partial charge in [-0.1, -0.05) is 35.9 Å². The average molecular weight is 334 g/mol. The summed E-state index contributed by atoms with van der Waals surface area (Å²) in [5.41, 5.74) is 5.03. The van der Waals surface area contributed by atoms with Crippen LogP contribution in [-0.2, 0) is 11.3 Å². The van der Waals surface area contributed by atoms with E-state index in [0.29, 0.717) is 12.1 Å². The van der Waals surface area contributed by atoms with E-state index in [2.05, 4.69) is 22.4 Å². The molecule has 1 heterocycles. The Labute approximate surface area is 147 Å². The van der Waals surface area contributed by atoms with Gasteiger partial charge in [-0.25, -0.2) is 0 Å². The molecule has 0 spiro atoms. The summed E-state index contributed by atoms with van der Waals surface area (Å²) in [6.45, 7) is 4.47. The number of Topliss-reactive ketones (excluding diaryl/α,β-unsaturated/α-hetero) is 1. The predicted octanol–water partition coefficient (Wildman–Crippen LogP) is 4.06. The van der Waals surface area contributed by atoms with Crippen LogP contribution in [0.1, 0.15) is 40.0 Å². The van der Waals surface area contributed by atoms with Gasteiger partial charge in [-0.2, -0.15) is 0 Å². The largest absolute Gasteiger partial charge is 0.359 e. The summed E-state index contributed by atoms with van der Waals surface area (Å²) in [4.78, 5) is 27.4. The molecule has 0 aliphatic rings. The Morgan fingerprint density at radius 2 is 1.72 bits per heavy atom. The Hall–Kier alpha value is -2.88. The van der Waals surface area contributed by atoms with Crippen LogP contribution in [-0.4, -0.2) is 16.7 Å². The highest BCUT2D eigenvalue weighted by atomic mass is 16.2. The van der Waals surface area contributed by atoms with Crippen LogP contribution in [0.2, 0.25) is 0 Å². The minimum Gasteiger partial charge on any atom is -0.359 e. The molecular weight excluding hydrogens is 312 g/mol. The van der Waals surface area contributed by atoms with E-state index in [4.69, 9.17) is 0 Å². The van der Waals surface area contributed by atoms with E-state index < -0.39 is 0 Å². The van der Waals surface area contributed by atoms with Crippen LogP contribution >= 0.6 is 0 Å². The van der Waals surface area contributed by atoms with Crippen LogP contribution in [0.4, 0.5) is 0 Å². The van der Waals surface area contributed by atoms with Crippen molar-refractivity contribution >= 4 is 22.6 Å². The highest BCUT2D eigenvalue weighted by Crippen LogP contribution is 2.16. The van der Waals surface area contributed by atoms with Crippen LogP contribution in [0, 0.1) is 13.8 Å². The molecule has 0 bridgehead atoms. The maximum Gasteiger partial charge on any atom is 0.220 e. The third-order valence-corrected chi connectivity index (χ3v) is 4.26. The van der Waals surface area contributed by atoms with E-state index in [1.165, 1.54) is 0 Å². The van der Waals surface area contributed by atoms with Crippen molar-refractivity contribution in [2.45, 2.75) is 33.2 Å². The van der Waals surface area contributed by atoms with Crippen molar-refractivity contribution in [3.63, 3.8) is 0 Å². The predicted molar refractivity (Wildman–Crippen MR) is 99.6 cm³/mol. The van der Waals surface area contributed by atoms with Gasteiger partial charge in [-0.3, -0.25) is 9.59 Å². The van der Waals surface area contributed by atoms with Crippen LogP contribution in [0.3, 0.4) is 0 Å². The molecule has 3 rings (SSSR count).